The van der Waals surface area contributed by atoms with E-state index in [0.717, 1.165) is 25.7 Å². The number of rotatable bonds is 7. The lowest BCUT2D eigenvalue weighted by Gasteiger charge is -2.30. The highest BCUT2D eigenvalue weighted by Gasteiger charge is 2.28. The molecule has 21 heavy (non-hydrogen) atoms. The third-order valence-corrected chi connectivity index (χ3v) is 4.57. The molecule has 0 bridgehead atoms. The van der Waals surface area contributed by atoms with Gasteiger partial charge in [0.2, 0.25) is 5.91 Å². The van der Waals surface area contributed by atoms with E-state index in [0.29, 0.717) is 18.9 Å². The molecule has 1 saturated carbocycles. The maximum absolute atomic E-state index is 12.0. The fourth-order valence-electron chi connectivity index (χ4n) is 3.08. The average Bonchev–Trinajstić information content (AvgIpc) is 2.78. The molecule has 1 aliphatic rings. The lowest BCUT2D eigenvalue weighted by molar-refractivity contribution is -0.137. The lowest BCUT2D eigenvalue weighted by atomic mass is 9.76. The first-order valence-corrected chi connectivity index (χ1v) is 7.95. The quantitative estimate of drug-likeness (QED) is 0.671. The lowest BCUT2D eigenvalue weighted by Crippen LogP contribution is -2.33. The summed E-state index contributed by atoms with van der Waals surface area (Å²) in [6.45, 7) is 6.98. The van der Waals surface area contributed by atoms with Crippen LogP contribution in [0.15, 0.2) is 0 Å². The van der Waals surface area contributed by atoms with E-state index in [9.17, 15) is 9.59 Å². The summed E-state index contributed by atoms with van der Waals surface area (Å²) in [5, 5.41) is 11.8. The zero-order chi connectivity index (χ0) is 16.0. The minimum absolute atomic E-state index is 0.0515. The van der Waals surface area contributed by atoms with Crippen LogP contribution in [0.2, 0.25) is 0 Å². The van der Waals surface area contributed by atoms with E-state index in [1.807, 2.05) is 0 Å². The Balaban J connectivity index is 2.35. The Morgan fingerprint density at radius 1 is 1.29 bits per heavy atom. The highest BCUT2D eigenvalue weighted by Crippen LogP contribution is 2.32. The largest absolute Gasteiger partial charge is 0.481 e. The normalized spacial score (nSPS) is 23.8. The minimum atomic E-state index is -0.756. The summed E-state index contributed by atoms with van der Waals surface area (Å²) in [6, 6.07) is 0.165. The predicted molar refractivity (Wildman–Crippen MR) is 82.8 cm³/mol. The number of carbonyl (C=O) groups is 2. The summed E-state index contributed by atoms with van der Waals surface area (Å²) in [5.41, 5.74) is 5.88. The third-order valence-electron chi connectivity index (χ3n) is 4.57. The first-order chi connectivity index (χ1) is 9.70. The Hall–Kier alpha value is -1.10. The van der Waals surface area contributed by atoms with E-state index in [-0.39, 0.29) is 29.7 Å². The molecule has 5 heteroatoms. The van der Waals surface area contributed by atoms with Gasteiger partial charge in [-0.1, -0.05) is 20.8 Å². The number of nitrogens with two attached hydrogens (primary N) is 1. The second-order valence-corrected chi connectivity index (χ2v) is 7.35. The van der Waals surface area contributed by atoms with Crippen LogP contribution in [0.5, 0.6) is 0 Å². The van der Waals surface area contributed by atoms with Crippen molar-refractivity contribution >= 4 is 11.9 Å². The van der Waals surface area contributed by atoms with Gasteiger partial charge < -0.3 is 16.2 Å². The Morgan fingerprint density at radius 2 is 1.95 bits per heavy atom. The second kappa shape index (κ2) is 7.78. The van der Waals surface area contributed by atoms with Crippen molar-refractivity contribution in [1.29, 1.82) is 0 Å². The first kappa shape index (κ1) is 18.0. The molecule has 0 aromatic carbocycles. The summed E-state index contributed by atoms with van der Waals surface area (Å²) in [7, 11) is 0. The zero-order valence-corrected chi connectivity index (χ0v) is 13.5. The van der Waals surface area contributed by atoms with E-state index in [4.69, 9.17) is 10.8 Å². The van der Waals surface area contributed by atoms with Gasteiger partial charge in [-0.05, 0) is 43.4 Å². The number of amides is 1. The highest BCUT2D eigenvalue weighted by molar-refractivity contribution is 5.78. The molecule has 0 saturated heterocycles. The first-order valence-electron chi connectivity index (χ1n) is 7.95. The average molecular weight is 298 g/mol. The van der Waals surface area contributed by atoms with Crippen LogP contribution in [0.4, 0.5) is 0 Å². The monoisotopic (exact) mass is 298 g/mol. The van der Waals surface area contributed by atoms with Crippen LogP contribution in [-0.4, -0.2) is 29.6 Å². The van der Waals surface area contributed by atoms with Crippen LogP contribution < -0.4 is 11.1 Å². The van der Waals surface area contributed by atoms with Gasteiger partial charge in [0.25, 0.3) is 0 Å². The molecule has 0 spiro atoms. The number of aliphatic carboxylic acids is 1. The molecule has 3 atom stereocenters. The van der Waals surface area contributed by atoms with Gasteiger partial charge in [-0.15, -0.1) is 0 Å². The van der Waals surface area contributed by atoms with Gasteiger partial charge in [0.05, 0.1) is 0 Å². The molecular weight excluding hydrogens is 268 g/mol. The van der Waals surface area contributed by atoms with Crippen LogP contribution >= 0.6 is 0 Å². The molecule has 0 aliphatic heterocycles. The van der Waals surface area contributed by atoms with Gasteiger partial charge in [-0.3, -0.25) is 9.59 Å². The summed E-state index contributed by atoms with van der Waals surface area (Å²) < 4.78 is 0. The van der Waals surface area contributed by atoms with Crippen molar-refractivity contribution in [1.82, 2.24) is 5.32 Å². The SMILES string of the molecule is CC(C)(C)C(CCNC(=O)C1CCC(N)C1)CCC(=O)O. The van der Waals surface area contributed by atoms with Crippen LogP contribution in [-0.2, 0) is 9.59 Å². The van der Waals surface area contributed by atoms with Crippen LogP contribution in [0.25, 0.3) is 0 Å². The molecule has 122 valence electrons. The van der Waals surface area contributed by atoms with E-state index in [1.165, 1.54) is 0 Å². The van der Waals surface area contributed by atoms with Gasteiger partial charge in [0, 0.05) is 24.9 Å². The Labute approximate surface area is 127 Å². The second-order valence-electron chi connectivity index (χ2n) is 7.35. The number of carboxylic acid groups (broad SMARTS) is 1. The smallest absolute Gasteiger partial charge is 0.303 e. The topological polar surface area (TPSA) is 92.4 Å². The molecule has 0 aromatic heterocycles. The van der Waals surface area contributed by atoms with Gasteiger partial charge >= 0.3 is 5.97 Å². The fourth-order valence-corrected chi connectivity index (χ4v) is 3.08. The van der Waals surface area contributed by atoms with E-state index < -0.39 is 5.97 Å². The van der Waals surface area contributed by atoms with Gasteiger partial charge in [0.15, 0.2) is 0 Å². The van der Waals surface area contributed by atoms with E-state index >= 15 is 0 Å². The van der Waals surface area contributed by atoms with Crippen molar-refractivity contribution in [3.63, 3.8) is 0 Å². The van der Waals surface area contributed by atoms with Crippen LogP contribution in [0, 0.1) is 17.3 Å². The molecule has 1 fully saturated rings. The van der Waals surface area contributed by atoms with Crippen molar-refractivity contribution in [2.24, 2.45) is 23.0 Å². The molecule has 0 aromatic rings. The minimum Gasteiger partial charge on any atom is -0.481 e. The fraction of sp³-hybridized carbons (Fsp3) is 0.875. The summed E-state index contributed by atoms with van der Waals surface area (Å²) >= 11 is 0. The molecule has 0 heterocycles. The zero-order valence-electron chi connectivity index (χ0n) is 13.5. The maximum Gasteiger partial charge on any atom is 0.303 e. The highest BCUT2D eigenvalue weighted by atomic mass is 16.4. The van der Waals surface area contributed by atoms with Gasteiger partial charge in [0.1, 0.15) is 0 Å². The predicted octanol–water partition coefficient (Wildman–Crippen LogP) is 2.15. The molecule has 1 aliphatic carbocycles. The van der Waals surface area contributed by atoms with Crippen molar-refractivity contribution in [3.8, 4) is 0 Å². The van der Waals surface area contributed by atoms with Crippen molar-refractivity contribution < 1.29 is 14.7 Å². The summed E-state index contributed by atoms with van der Waals surface area (Å²) in [6.07, 6.45) is 4.27. The van der Waals surface area contributed by atoms with Gasteiger partial charge in [-0.2, -0.15) is 0 Å². The molecule has 1 amide bonds. The number of nitrogens with one attached hydrogen (secondary N) is 1. The summed E-state index contributed by atoms with van der Waals surface area (Å²) in [5.74, 6) is -0.297. The molecule has 0 radical (unpaired) electrons. The third kappa shape index (κ3) is 6.46. The Morgan fingerprint density at radius 3 is 2.43 bits per heavy atom. The molecular formula is C16H30N2O3. The molecule has 5 nitrogen and oxygen atoms in total. The van der Waals surface area contributed by atoms with E-state index in [1.54, 1.807) is 0 Å². The van der Waals surface area contributed by atoms with E-state index in [2.05, 4.69) is 26.1 Å². The number of hydrogen-bond acceptors (Lipinski definition) is 3. The number of carboxylic acids is 1. The summed E-state index contributed by atoms with van der Waals surface area (Å²) in [4.78, 5) is 22.8. The van der Waals surface area contributed by atoms with Crippen LogP contribution in [0.3, 0.4) is 0 Å². The molecule has 4 N–H and O–H groups in total. The van der Waals surface area contributed by atoms with Crippen LogP contribution in [0.1, 0.15) is 59.3 Å². The van der Waals surface area contributed by atoms with Crippen molar-refractivity contribution in [2.75, 3.05) is 6.54 Å². The van der Waals surface area contributed by atoms with Crippen molar-refractivity contribution in [3.05, 3.63) is 0 Å². The van der Waals surface area contributed by atoms with Gasteiger partial charge in [-0.25, -0.2) is 0 Å². The van der Waals surface area contributed by atoms with Crippen molar-refractivity contribution in [2.45, 2.75) is 65.3 Å². The molecule has 3 unspecified atom stereocenters. The maximum atomic E-state index is 12.0. The molecule has 1 rings (SSSR count). The Kier molecular flexibility index (Phi) is 6.65. The Bertz CT molecular complexity index is 363. The number of carbonyl (C=O) groups excluding carboxylic acids is 1. The standard InChI is InChI=1S/C16H30N2O3/c1-16(2,3)12(5-7-14(19)20)8-9-18-15(21)11-4-6-13(17)10-11/h11-13H,4-10,17H2,1-3H3,(H,18,21)(H,19,20). The number of hydrogen-bond donors (Lipinski definition) is 3.